The van der Waals surface area contributed by atoms with Crippen molar-refractivity contribution in [3.63, 3.8) is 0 Å². The van der Waals surface area contributed by atoms with Gasteiger partial charge in [0.05, 0.1) is 31.6 Å². The Kier molecular flexibility index (Phi) is 7.49. The van der Waals surface area contributed by atoms with Crippen molar-refractivity contribution in [2.75, 3.05) is 26.4 Å². The van der Waals surface area contributed by atoms with Crippen LogP contribution in [0.15, 0.2) is 29.4 Å². The van der Waals surface area contributed by atoms with Gasteiger partial charge in [0.2, 0.25) is 0 Å². The molecule has 6 atom stereocenters. The van der Waals surface area contributed by atoms with Crippen LogP contribution in [-0.2, 0) is 4.74 Å². The molecule has 2 saturated carbocycles. The molecule has 2 aliphatic heterocycles. The van der Waals surface area contributed by atoms with Crippen LogP contribution >= 0.6 is 11.9 Å². The normalized spacial score (nSPS) is 33.4. The number of halogens is 2. The lowest BCUT2D eigenvalue weighted by Gasteiger charge is -2.45. The summed E-state index contributed by atoms with van der Waals surface area (Å²) in [5.41, 5.74) is 4.27. The summed E-state index contributed by atoms with van der Waals surface area (Å²) in [4.78, 5) is 3.25. The lowest BCUT2D eigenvalue weighted by atomic mass is 10.1. The average Bonchev–Trinajstić information content (AvgIpc) is 3.38. The summed E-state index contributed by atoms with van der Waals surface area (Å²) in [5.74, 6) is -1.54. The van der Waals surface area contributed by atoms with E-state index in [1.165, 1.54) is 24.1 Å². The molecule has 1 aromatic carbocycles. The molecule has 2 heterocycles. The largest absolute Gasteiger partial charge is 0.394 e. The van der Waals surface area contributed by atoms with Gasteiger partial charge in [0.1, 0.15) is 23.9 Å². The third kappa shape index (κ3) is 5.02. The number of benzene rings is 1. The van der Waals surface area contributed by atoms with Gasteiger partial charge in [-0.2, -0.15) is 9.84 Å². The van der Waals surface area contributed by atoms with Crippen molar-refractivity contribution in [2.45, 2.75) is 62.5 Å². The number of nitrogens with zero attached hydrogens (tertiary/aromatic N) is 4. The van der Waals surface area contributed by atoms with E-state index in [4.69, 9.17) is 9.84 Å². The highest BCUT2D eigenvalue weighted by Crippen LogP contribution is 2.42. The predicted octanol–water partition coefficient (Wildman–Crippen LogP) is 0.581. The summed E-state index contributed by atoms with van der Waals surface area (Å²) in [6.07, 6.45) is 1.48. The fourth-order valence-electron chi connectivity index (χ4n) is 4.99. The van der Waals surface area contributed by atoms with Crippen molar-refractivity contribution >= 4 is 11.9 Å². The first-order valence-electron chi connectivity index (χ1n) is 12.0. The van der Waals surface area contributed by atoms with E-state index in [1.807, 2.05) is 21.4 Å². The predicted molar refractivity (Wildman–Crippen MR) is 124 cm³/mol. The molecule has 13 heteroatoms. The number of hydrogen-bond acceptors (Lipinski definition) is 11. The summed E-state index contributed by atoms with van der Waals surface area (Å²) in [7, 11) is 0. The number of nitrogens with one attached hydrogen (secondary N) is 2. The first-order chi connectivity index (χ1) is 16.9. The van der Waals surface area contributed by atoms with Crippen molar-refractivity contribution in [3.05, 3.63) is 46.6 Å². The maximum absolute atomic E-state index is 13.6. The molecular formula is C22H32F2N6O4S. The van der Waals surface area contributed by atoms with Crippen LogP contribution in [-0.4, -0.2) is 92.4 Å². The summed E-state index contributed by atoms with van der Waals surface area (Å²) >= 11 is 1.40. The lowest BCUT2D eigenvalue weighted by Crippen LogP contribution is -2.62. The van der Waals surface area contributed by atoms with Gasteiger partial charge in [0.15, 0.2) is 11.6 Å². The highest BCUT2D eigenvalue weighted by Gasteiger charge is 2.51. The van der Waals surface area contributed by atoms with E-state index in [9.17, 15) is 19.0 Å². The molecule has 10 nitrogen and oxygen atoms in total. The minimum Gasteiger partial charge on any atom is -0.394 e. The van der Waals surface area contributed by atoms with Gasteiger partial charge >= 0.3 is 0 Å². The zero-order valence-corrected chi connectivity index (χ0v) is 20.2. The first-order valence-corrected chi connectivity index (χ1v) is 12.8. The van der Waals surface area contributed by atoms with Crippen LogP contribution in [0.1, 0.15) is 37.7 Å². The Hall–Kier alpha value is -1.55. The van der Waals surface area contributed by atoms with Crippen LogP contribution in [0.2, 0.25) is 0 Å². The highest BCUT2D eigenvalue weighted by molar-refractivity contribution is 8.01. The van der Waals surface area contributed by atoms with Crippen LogP contribution in [0, 0.1) is 11.6 Å². The van der Waals surface area contributed by atoms with Crippen molar-refractivity contribution in [2.24, 2.45) is 0 Å². The zero-order valence-electron chi connectivity index (χ0n) is 19.4. The van der Waals surface area contributed by atoms with Gasteiger partial charge < -0.3 is 20.1 Å². The molecule has 2 aliphatic carbocycles. The zero-order chi connectivity index (χ0) is 24.7. The highest BCUT2D eigenvalue weighted by atomic mass is 32.2. The summed E-state index contributed by atoms with van der Waals surface area (Å²) < 4.78 is 32.5. The van der Waals surface area contributed by atoms with Crippen molar-refractivity contribution in [1.82, 2.24) is 30.5 Å². The Balaban J connectivity index is 1.26. The monoisotopic (exact) mass is 514 g/mol. The van der Waals surface area contributed by atoms with Gasteiger partial charge in [-0.15, -0.1) is 5.12 Å². The minimum atomic E-state index is -1.04. The Morgan fingerprint density at radius 2 is 2.03 bits per heavy atom. The topological polar surface area (TPSA) is 107 Å². The van der Waals surface area contributed by atoms with Crippen LogP contribution < -0.4 is 10.3 Å². The molecule has 1 aromatic rings. The van der Waals surface area contributed by atoms with E-state index in [0.717, 1.165) is 30.0 Å². The van der Waals surface area contributed by atoms with Crippen LogP contribution in [0.3, 0.4) is 0 Å². The summed E-state index contributed by atoms with van der Waals surface area (Å²) in [5, 5.41) is 39.1. The molecule has 0 spiro atoms. The van der Waals surface area contributed by atoms with Crippen LogP contribution in [0.4, 0.5) is 8.78 Å². The second-order valence-electron chi connectivity index (χ2n) is 9.30. The number of aliphatic hydroxyl groups is 3. The van der Waals surface area contributed by atoms with E-state index in [-0.39, 0.29) is 25.2 Å². The number of rotatable bonds is 9. The quantitative estimate of drug-likeness (QED) is 0.299. The van der Waals surface area contributed by atoms with Crippen LogP contribution in [0.5, 0.6) is 0 Å². The third-order valence-electron chi connectivity index (χ3n) is 6.81. The van der Waals surface area contributed by atoms with Gasteiger partial charge in [-0.1, -0.05) is 13.0 Å². The molecule has 0 aromatic heterocycles. The fraction of sp³-hybridized carbons (Fsp3) is 0.636. The average molecular weight is 515 g/mol. The van der Waals surface area contributed by atoms with E-state index in [1.54, 1.807) is 6.07 Å². The number of ether oxygens (including phenoxy) is 1. The Morgan fingerprint density at radius 3 is 2.77 bits per heavy atom. The Morgan fingerprint density at radius 1 is 1.20 bits per heavy atom. The van der Waals surface area contributed by atoms with Crippen LogP contribution in [0.25, 0.3) is 0 Å². The molecule has 1 saturated heterocycles. The fourth-order valence-corrected chi connectivity index (χ4v) is 5.86. The lowest BCUT2D eigenvalue weighted by molar-refractivity contribution is -0.212. The second kappa shape index (κ2) is 10.4. The van der Waals surface area contributed by atoms with E-state index >= 15 is 0 Å². The SMILES string of the molecule is CCCN1CN(N[C@@H]2C[C@H]2c2ccc(F)c(F)c2)C=C2SNN([C@@H]3C[C@H](OCCO)[C@@H](O)[C@H]3O)N21. The van der Waals surface area contributed by atoms with Gasteiger partial charge in [0.25, 0.3) is 0 Å². The van der Waals surface area contributed by atoms with Gasteiger partial charge in [-0.25, -0.2) is 19.3 Å². The van der Waals surface area contributed by atoms with Crippen molar-refractivity contribution in [3.8, 4) is 0 Å². The molecule has 4 aliphatic rings. The van der Waals surface area contributed by atoms with Crippen molar-refractivity contribution < 1.29 is 28.8 Å². The van der Waals surface area contributed by atoms with Gasteiger partial charge in [-0.3, -0.25) is 5.01 Å². The summed E-state index contributed by atoms with van der Waals surface area (Å²) in [6.45, 7) is 3.33. The molecular weight excluding hydrogens is 482 g/mol. The standard InChI is InChI=1S/C22H32F2N6O4S/c1-2-5-28-12-27(25-17-9-14(17)13-3-4-15(23)16(24)8-13)11-20-30(28)29(26-35-20)18-10-19(34-7-6-31)22(33)21(18)32/h3-4,8,11,14,17-19,21-22,25-26,31-33H,2,5-7,9-10,12H2,1H3/t14-,17+,18+,19-,21-,22+/m0/s1. The van der Waals surface area contributed by atoms with E-state index in [2.05, 4.69) is 22.2 Å². The Labute approximate surface area is 207 Å². The number of aliphatic hydroxyl groups excluding tert-OH is 3. The number of fused-ring (bicyclic) bond motifs is 1. The molecule has 5 rings (SSSR count). The Bertz CT molecular complexity index is 947. The third-order valence-corrected chi connectivity index (χ3v) is 7.56. The maximum Gasteiger partial charge on any atom is 0.159 e. The second-order valence-corrected chi connectivity index (χ2v) is 10.1. The molecule has 0 radical (unpaired) electrons. The minimum absolute atomic E-state index is 0.105. The maximum atomic E-state index is 13.6. The molecule has 3 fully saturated rings. The van der Waals surface area contributed by atoms with E-state index in [0.29, 0.717) is 13.1 Å². The summed E-state index contributed by atoms with van der Waals surface area (Å²) in [6, 6.07) is 3.78. The first kappa shape index (κ1) is 25.1. The molecule has 35 heavy (non-hydrogen) atoms. The number of hydrazine groups is 4. The smallest absolute Gasteiger partial charge is 0.159 e. The van der Waals surface area contributed by atoms with Crippen molar-refractivity contribution in [1.29, 1.82) is 0 Å². The molecule has 194 valence electrons. The number of hydrogen-bond donors (Lipinski definition) is 5. The van der Waals surface area contributed by atoms with Gasteiger partial charge in [0, 0.05) is 18.5 Å². The molecule has 0 amide bonds. The molecule has 5 N–H and O–H groups in total. The van der Waals surface area contributed by atoms with Gasteiger partial charge in [-0.05, 0) is 48.9 Å². The molecule has 0 bridgehead atoms. The van der Waals surface area contributed by atoms with E-state index < -0.39 is 36.0 Å². The molecule has 0 unspecified atom stereocenters.